The van der Waals surface area contributed by atoms with Gasteiger partial charge in [-0.3, -0.25) is 0 Å². The van der Waals surface area contributed by atoms with Crippen LogP contribution in [0.2, 0.25) is 0 Å². The van der Waals surface area contributed by atoms with E-state index in [1.54, 1.807) is 18.1 Å². The zero-order valence-electron chi connectivity index (χ0n) is 16.4. The topological polar surface area (TPSA) is 95.3 Å². The van der Waals surface area contributed by atoms with Crippen molar-refractivity contribution in [3.63, 3.8) is 0 Å². The van der Waals surface area contributed by atoms with E-state index in [2.05, 4.69) is 33.7 Å². The van der Waals surface area contributed by atoms with E-state index in [0.29, 0.717) is 12.4 Å². The monoisotopic (exact) mass is 451 g/mol. The van der Waals surface area contributed by atoms with E-state index in [9.17, 15) is 18.3 Å². The van der Waals surface area contributed by atoms with Gasteiger partial charge in [-0.05, 0) is 24.0 Å². The lowest BCUT2D eigenvalue weighted by Crippen LogP contribution is -2.21. The van der Waals surface area contributed by atoms with E-state index in [0.717, 1.165) is 16.8 Å². The number of carboxylic acids is 1. The minimum Gasteiger partial charge on any atom is -0.475 e. The van der Waals surface area contributed by atoms with Crippen molar-refractivity contribution in [2.24, 2.45) is 0 Å². The Bertz CT molecular complexity index is 988. The molecule has 0 amide bonds. The van der Waals surface area contributed by atoms with Gasteiger partial charge >= 0.3 is 12.1 Å². The molecule has 0 unspecified atom stereocenters. The Morgan fingerprint density at radius 3 is 2.39 bits per heavy atom. The Hall–Kier alpha value is -3.11. The lowest BCUT2D eigenvalue weighted by molar-refractivity contribution is -0.192. The lowest BCUT2D eigenvalue weighted by Gasteiger charge is -2.13. The maximum atomic E-state index is 10.6. The van der Waals surface area contributed by atoms with Crippen LogP contribution in [-0.4, -0.2) is 45.1 Å². The fourth-order valence-corrected chi connectivity index (χ4v) is 2.85. The summed E-state index contributed by atoms with van der Waals surface area (Å²) in [4.78, 5) is 18.7. The highest BCUT2D eigenvalue weighted by atomic mass is 32.2. The highest BCUT2D eigenvalue weighted by molar-refractivity contribution is 7.98. The Morgan fingerprint density at radius 1 is 1.10 bits per heavy atom. The second-order valence-corrected chi connectivity index (χ2v) is 7.01. The van der Waals surface area contributed by atoms with Gasteiger partial charge in [0.1, 0.15) is 12.1 Å². The molecule has 0 aliphatic carbocycles. The summed E-state index contributed by atoms with van der Waals surface area (Å²) in [5, 5.41) is 20.5. The number of aliphatic carboxylic acids is 1. The van der Waals surface area contributed by atoms with Crippen LogP contribution in [0.5, 0.6) is 0 Å². The van der Waals surface area contributed by atoms with E-state index in [1.807, 2.05) is 48.5 Å². The molecule has 3 rings (SSSR count). The molecule has 164 valence electrons. The molecule has 1 heterocycles. The van der Waals surface area contributed by atoms with Crippen LogP contribution in [0.15, 0.2) is 71.9 Å². The van der Waals surface area contributed by atoms with Crippen LogP contribution in [0.4, 0.5) is 19.0 Å². The van der Waals surface area contributed by atoms with Crippen molar-refractivity contribution in [3.05, 3.63) is 72.6 Å². The number of anilines is 1. The van der Waals surface area contributed by atoms with Gasteiger partial charge in [0, 0.05) is 23.1 Å². The molecular formula is C21H20F3N3O3S. The number of nitrogens with one attached hydrogen (secondary N) is 1. The molecule has 0 spiro atoms. The first-order chi connectivity index (χ1) is 14.7. The second-order valence-electron chi connectivity index (χ2n) is 6.13. The van der Waals surface area contributed by atoms with Crippen molar-refractivity contribution in [1.82, 2.24) is 9.97 Å². The third-order valence-electron chi connectivity index (χ3n) is 3.94. The van der Waals surface area contributed by atoms with Gasteiger partial charge in [0.25, 0.3) is 0 Å². The average molecular weight is 451 g/mol. The number of benzene rings is 2. The fraction of sp³-hybridized carbons (Fsp3) is 0.190. The molecule has 0 radical (unpaired) electrons. The molecule has 0 fully saturated rings. The number of thioether (sulfide) groups is 1. The normalized spacial score (nSPS) is 11.8. The van der Waals surface area contributed by atoms with Gasteiger partial charge in [0.2, 0.25) is 0 Å². The zero-order chi connectivity index (χ0) is 22.9. The molecule has 31 heavy (non-hydrogen) atoms. The van der Waals surface area contributed by atoms with Crippen LogP contribution in [-0.2, 0) is 4.79 Å². The minimum absolute atomic E-state index is 0.394. The molecule has 6 nitrogen and oxygen atoms in total. The van der Waals surface area contributed by atoms with E-state index in [4.69, 9.17) is 9.90 Å². The Labute approximate surface area is 181 Å². The second kappa shape index (κ2) is 11.3. The molecule has 0 aliphatic heterocycles. The van der Waals surface area contributed by atoms with Crippen molar-refractivity contribution in [2.75, 3.05) is 18.1 Å². The van der Waals surface area contributed by atoms with Crippen molar-refractivity contribution in [1.29, 1.82) is 0 Å². The van der Waals surface area contributed by atoms with Crippen LogP contribution in [0, 0.1) is 0 Å². The van der Waals surface area contributed by atoms with Gasteiger partial charge in [0.05, 0.1) is 11.8 Å². The summed E-state index contributed by atoms with van der Waals surface area (Å²) < 4.78 is 31.7. The van der Waals surface area contributed by atoms with E-state index >= 15 is 0 Å². The highest BCUT2D eigenvalue weighted by Gasteiger charge is 2.38. The quantitative estimate of drug-likeness (QED) is 0.470. The summed E-state index contributed by atoms with van der Waals surface area (Å²) in [7, 11) is 0. The van der Waals surface area contributed by atoms with Crippen LogP contribution < -0.4 is 5.32 Å². The number of alkyl halides is 3. The van der Waals surface area contributed by atoms with Crippen LogP contribution in [0.3, 0.4) is 0 Å². The van der Waals surface area contributed by atoms with Crippen molar-refractivity contribution in [3.8, 4) is 11.3 Å². The van der Waals surface area contributed by atoms with Gasteiger partial charge in [-0.2, -0.15) is 13.2 Å². The number of hydrogen-bond acceptors (Lipinski definition) is 6. The first kappa shape index (κ1) is 24.2. The SMILES string of the molecule is CSc1cccc(-c2cc(NC[C@H](O)c3ccccc3)ncn2)c1.O=C(O)C(F)(F)F. The Balaban J connectivity index is 0.000000423. The number of carbonyl (C=O) groups is 1. The molecular weight excluding hydrogens is 431 g/mol. The summed E-state index contributed by atoms with van der Waals surface area (Å²) in [6.07, 6.45) is -2.07. The summed E-state index contributed by atoms with van der Waals surface area (Å²) in [6, 6.07) is 19.7. The Morgan fingerprint density at radius 2 is 1.77 bits per heavy atom. The van der Waals surface area contributed by atoms with Crippen molar-refractivity contribution in [2.45, 2.75) is 17.2 Å². The molecule has 0 saturated carbocycles. The summed E-state index contributed by atoms with van der Waals surface area (Å²) in [5.41, 5.74) is 2.79. The Kier molecular flexibility index (Phi) is 8.83. The predicted octanol–water partition coefficient (Wildman–Crippen LogP) is 4.64. The standard InChI is InChI=1S/C19H19N3OS.C2HF3O2/c1-24-16-9-5-8-15(10-16)17-11-19(22-13-21-17)20-12-18(23)14-6-3-2-4-7-14;3-2(4,5)1(6)7/h2-11,13,18,23H,12H2,1H3,(H,20,21,22);(H,6,7)/t18-;/m0./s1. The molecule has 1 aromatic heterocycles. The van der Waals surface area contributed by atoms with Crippen LogP contribution in [0.25, 0.3) is 11.3 Å². The predicted molar refractivity (Wildman–Crippen MR) is 113 cm³/mol. The van der Waals surface area contributed by atoms with Crippen LogP contribution >= 0.6 is 11.8 Å². The molecule has 0 bridgehead atoms. The number of carboxylic acid groups (broad SMARTS) is 1. The number of aromatic nitrogens is 2. The third-order valence-corrected chi connectivity index (χ3v) is 4.66. The van der Waals surface area contributed by atoms with Crippen molar-refractivity contribution < 1.29 is 28.2 Å². The van der Waals surface area contributed by atoms with E-state index < -0.39 is 18.2 Å². The molecule has 10 heteroatoms. The number of halogens is 3. The van der Waals surface area contributed by atoms with Crippen LogP contribution in [0.1, 0.15) is 11.7 Å². The first-order valence-corrected chi connectivity index (χ1v) is 10.2. The summed E-state index contributed by atoms with van der Waals surface area (Å²) in [5.74, 6) is -2.06. The van der Waals surface area contributed by atoms with Gasteiger partial charge in [-0.1, -0.05) is 42.5 Å². The maximum Gasteiger partial charge on any atom is 0.490 e. The number of aliphatic hydroxyl groups excluding tert-OH is 1. The number of rotatable bonds is 6. The number of aliphatic hydroxyl groups is 1. The fourth-order valence-electron chi connectivity index (χ4n) is 2.39. The van der Waals surface area contributed by atoms with Gasteiger partial charge in [0.15, 0.2) is 0 Å². The first-order valence-electron chi connectivity index (χ1n) is 8.94. The molecule has 0 saturated heterocycles. The molecule has 1 atom stereocenters. The maximum absolute atomic E-state index is 10.6. The molecule has 3 aromatic rings. The molecule has 0 aliphatic rings. The van der Waals surface area contributed by atoms with Crippen molar-refractivity contribution >= 4 is 23.5 Å². The van der Waals surface area contributed by atoms with Gasteiger partial charge < -0.3 is 15.5 Å². The molecule has 3 N–H and O–H groups in total. The van der Waals surface area contributed by atoms with Gasteiger partial charge in [-0.25, -0.2) is 14.8 Å². The highest BCUT2D eigenvalue weighted by Crippen LogP contribution is 2.24. The van der Waals surface area contributed by atoms with E-state index in [-0.39, 0.29) is 0 Å². The van der Waals surface area contributed by atoms with E-state index in [1.165, 1.54) is 4.90 Å². The lowest BCUT2D eigenvalue weighted by atomic mass is 10.1. The number of hydrogen-bond donors (Lipinski definition) is 3. The largest absolute Gasteiger partial charge is 0.490 e. The minimum atomic E-state index is -5.08. The third kappa shape index (κ3) is 7.91. The summed E-state index contributed by atoms with van der Waals surface area (Å²) >= 11 is 1.70. The number of nitrogens with zero attached hydrogens (tertiary/aromatic N) is 2. The smallest absolute Gasteiger partial charge is 0.475 e. The van der Waals surface area contributed by atoms with Gasteiger partial charge in [-0.15, -0.1) is 11.8 Å². The molecule has 2 aromatic carbocycles. The zero-order valence-corrected chi connectivity index (χ0v) is 17.2. The summed E-state index contributed by atoms with van der Waals surface area (Å²) in [6.45, 7) is 0.394. The average Bonchev–Trinajstić information content (AvgIpc) is 2.78.